The molecule has 0 radical (unpaired) electrons. The third kappa shape index (κ3) is 2.19. The summed E-state index contributed by atoms with van der Waals surface area (Å²) in [7, 11) is 0. The van der Waals surface area contributed by atoms with Gasteiger partial charge in [-0.2, -0.15) is 0 Å². The van der Waals surface area contributed by atoms with Crippen LogP contribution in [0, 0.1) is 0 Å². The molecule has 1 aromatic carbocycles. The summed E-state index contributed by atoms with van der Waals surface area (Å²) in [5.74, 6) is 0. The third-order valence-electron chi connectivity index (χ3n) is 2.48. The standard InChI is InChI=1S/C12H15NO2/c1-9(7-14)13-6-10-8-15-12-5-3-2-4-11(10)12/h2-5,8-9,13-14H,6-7H2,1H3/t9-/m0/s1. The fraction of sp³-hybridized carbons (Fsp3) is 0.333. The average molecular weight is 205 g/mol. The SMILES string of the molecule is C[C@@H](CO)NCc1coc2ccccc12. The van der Waals surface area contributed by atoms with Crippen LogP contribution in [0.1, 0.15) is 12.5 Å². The molecule has 0 unspecified atom stereocenters. The highest BCUT2D eigenvalue weighted by Gasteiger charge is 2.05. The maximum Gasteiger partial charge on any atom is 0.134 e. The predicted molar refractivity (Wildman–Crippen MR) is 59.6 cm³/mol. The molecule has 0 aliphatic rings. The van der Waals surface area contributed by atoms with E-state index in [0.29, 0.717) is 0 Å². The molecule has 1 aromatic heterocycles. The number of fused-ring (bicyclic) bond motifs is 1. The minimum absolute atomic E-state index is 0.110. The van der Waals surface area contributed by atoms with Crippen molar-refractivity contribution >= 4 is 11.0 Å². The van der Waals surface area contributed by atoms with Crippen molar-refractivity contribution in [3.05, 3.63) is 36.1 Å². The quantitative estimate of drug-likeness (QED) is 0.801. The van der Waals surface area contributed by atoms with Gasteiger partial charge in [-0.1, -0.05) is 18.2 Å². The van der Waals surface area contributed by atoms with Gasteiger partial charge in [0.05, 0.1) is 12.9 Å². The van der Waals surface area contributed by atoms with Gasteiger partial charge in [-0.25, -0.2) is 0 Å². The van der Waals surface area contributed by atoms with E-state index in [2.05, 4.69) is 5.32 Å². The number of furan rings is 1. The second-order valence-corrected chi connectivity index (χ2v) is 3.72. The van der Waals surface area contributed by atoms with Crippen molar-refractivity contribution in [1.82, 2.24) is 5.32 Å². The van der Waals surface area contributed by atoms with E-state index in [-0.39, 0.29) is 12.6 Å². The van der Waals surface area contributed by atoms with Gasteiger partial charge in [-0.05, 0) is 13.0 Å². The number of hydrogen-bond donors (Lipinski definition) is 2. The Morgan fingerprint density at radius 3 is 3.00 bits per heavy atom. The van der Waals surface area contributed by atoms with Crippen LogP contribution < -0.4 is 5.32 Å². The molecular weight excluding hydrogens is 190 g/mol. The van der Waals surface area contributed by atoms with Gasteiger partial charge in [0.15, 0.2) is 0 Å². The van der Waals surface area contributed by atoms with Crippen LogP contribution in [-0.4, -0.2) is 17.8 Å². The highest BCUT2D eigenvalue weighted by Crippen LogP contribution is 2.20. The maximum atomic E-state index is 8.89. The number of rotatable bonds is 4. The second-order valence-electron chi connectivity index (χ2n) is 3.72. The number of nitrogens with one attached hydrogen (secondary N) is 1. The Hall–Kier alpha value is -1.32. The van der Waals surface area contributed by atoms with Crippen molar-refractivity contribution in [2.24, 2.45) is 0 Å². The van der Waals surface area contributed by atoms with Crippen molar-refractivity contribution in [1.29, 1.82) is 0 Å². The Kier molecular flexibility index (Phi) is 3.04. The lowest BCUT2D eigenvalue weighted by Crippen LogP contribution is -2.28. The zero-order valence-electron chi connectivity index (χ0n) is 8.73. The largest absolute Gasteiger partial charge is 0.464 e. The first kappa shape index (κ1) is 10.2. The molecule has 2 rings (SSSR count). The van der Waals surface area contributed by atoms with E-state index in [4.69, 9.17) is 9.52 Å². The van der Waals surface area contributed by atoms with Crippen molar-refractivity contribution in [3.8, 4) is 0 Å². The second kappa shape index (κ2) is 4.47. The number of aliphatic hydroxyl groups excluding tert-OH is 1. The van der Waals surface area contributed by atoms with Crippen LogP contribution in [0.25, 0.3) is 11.0 Å². The number of aliphatic hydroxyl groups is 1. The molecule has 0 saturated heterocycles. The zero-order valence-corrected chi connectivity index (χ0v) is 8.73. The first-order chi connectivity index (χ1) is 7.31. The molecule has 80 valence electrons. The summed E-state index contributed by atoms with van der Waals surface area (Å²) in [6, 6.07) is 8.06. The van der Waals surface area contributed by atoms with E-state index >= 15 is 0 Å². The zero-order chi connectivity index (χ0) is 10.7. The lowest BCUT2D eigenvalue weighted by molar-refractivity contribution is 0.251. The lowest BCUT2D eigenvalue weighted by Gasteiger charge is -2.08. The molecule has 2 N–H and O–H groups in total. The molecule has 15 heavy (non-hydrogen) atoms. The molecule has 0 aliphatic heterocycles. The molecule has 1 atom stereocenters. The Bertz CT molecular complexity index is 436. The van der Waals surface area contributed by atoms with Gasteiger partial charge in [0.25, 0.3) is 0 Å². The van der Waals surface area contributed by atoms with Crippen molar-refractivity contribution < 1.29 is 9.52 Å². The Balaban J connectivity index is 2.14. The van der Waals surface area contributed by atoms with Crippen LogP contribution in [0.3, 0.4) is 0 Å². The molecule has 0 aliphatic carbocycles. The first-order valence-corrected chi connectivity index (χ1v) is 5.10. The van der Waals surface area contributed by atoms with Crippen LogP contribution in [0.5, 0.6) is 0 Å². The van der Waals surface area contributed by atoms with Gasteiger partial charge < -0.3 is 14.8 Å². The lowest BCUT2D eigenvalue weighted by atomic mass is 10.2. The summed E-state index contributed by atoms with van der Waals surface area (Å²) < 4.78 is 5.41. The number of benzene rings is 1. The fourth-order valence-corrected chi connectivity index (χ4v) is 1.52. The predicted octanol–water partition coefficient (Wildman–Crippen LogP) is 1.90. The number of para-hydroxylation sites is 1. The van der Waals surface area contributed by atoms with E-state index in [1.165, 1.54) is 0 Å². The van der Waals surface area contributed by atoms with Gasteiger partial charge in [0, 0.05) is 23.5 Å². The number of hydrogen-bond acceptors (Lipinski definition) is 3. The van der Waals surface area contributed by atoms with E-state index in [1.807, 2.05) is 31.2 Å². The normalized spacial score (nSPS) is 13.2. The summed E-state index contributed by atoms with van der Waals surface area (Å²) in [5, 5.41) is 13.2. The van der Waals surface area contributed by atoms with Crippen LogP contribution in [0.2, 0.25) is 0 Å². The third-order valence-corrected chi connectivity index (χ3v) is 2.48. The summed E-state index contributed by atoms with van der Waals surface area (Å²) in [5.41, 5.74) is 2.04. The molecule has 0 saturated carbocycles. The van der Waals surface area contributed by atoms with E-state index in [1.54, 1.807) is 6.26 Å². The average Bonchev–Trinajstić information content (AvgIpc) is 2.69. The van der Waals surface area contributed by atoms with Gasteiger partial charge in [0.1, 0.15) is 5.58 Å². The molecule has 0 bridgehead atoms. The van der Waals surface area contributed by atoms with E-state index in [0.717, 1.165) is 23.1 Å². The van der Waals surface area contributed by atoms with Crippen LogP contribution >= 0.6 is 0 Å². The van der Waals surface area contributed by atoms with Gasteiger partial charge in [-0.15, -0.1) is 0 Å². The van der Waals surface area contributed by atoms with E-state index < -0.39 is 0 Å². The summed E-state index contributed by atoms with van der Waals surface area (Å²) in [6.45, 7) is 2.82. The molecule has 0 spiro atoms. The molecule has 0 fully saturated rings. The van der Waals surface area contributed by atoms with Crippen molar-refractivity contribution in [2.45, 2.75) is 19.5 Å². The molecule has 0 amide bonds. The summed E-state index contributed by atoms with van der Waals surface area (Å²) >= 11 is 0. The van der Waals surface area contributed by atoms with Crippen LogP contribution in [0.15, 0.2) is 34.9 Å². The highest BCUT2D eigenvalue weighted by molar-refractivity contribution is 5.80. The molecular formula is C12H15NO2. The summed E-state index contributed by atoms with van der Waals surface area (Å²) in [6.07, 6.45) is 1.77. The van der Waals surface area contributed by atoms with Gasteiger partial charge >= 0.3 is 0 Å². The molecule has 3 heteroatoms. The van der Waals surface area contributed by atoms with Crippen LogP contribution in [-0.2, 0) is 6.54 Å². The van der Waals surface area contributed by atoms with Crippen LogP contribution in [0.4, 0.5) is 0 Å². The Labute approximate surface area is 88.7 Å². The van der Waals surface area contributed by atoms with Crippen molar-refractivity contribution in [3.63, 3.8) is 0 Å². The Morgan fingerprint density at radius 1 is 1.40 bits per heavy atom. The monoisotopic (exact) mass is 205 g/mol. The smallest absolute Gasteiger partial charge is 0.134 e. The molecule has 1 heterocycles. The minimum atomic E-state index is 0.110. The van der Waals surface area contributed by atoms with E-state index in [9.17, 15) is 0 Å². The fourth-order valence-electron chi connectivity index (χ4n) is 1.52. The first-order valence-electron chi connectivity index (χ1n) is 5.10. The topological polar surface area (TPSA) is 45.4 Å². The molecule has 2 aromatic rings. The maximum absolute atomic E-state index is 8.89. The van der Waals surface area contributed by atoms with Gasteiger partial charge in [-0.3, -0.25) is 0 Å². The van der Waals surface area contributed by atoms with Gasteiger partial charge in [0.2, 0.25) is 0 Å². The Morgan fingerprint density at radius 2 is 2.20 bits per heavy atom. The summed E-state index contributed by atoms with van der Waals surface area (Å²) in [4.78, 5) is 0. The minimum Gasteiger partial charge on any atom is -0.464 e. The molecule has 3 nitrogen and oxygen atoms in total. The van der Waals surface area contributed by atoms with Crippen molar-refractivity contribution in [2.75, 3.05) is 6.61 Å². The highest BCUT2D eigenvalue weighted by atomic mass is 16.3.